The van der Waals surface area contributed by atoms with Gasteiger partial charge in [0.1, 0.15) is 0 Å². The van der Waals surface area contributed by atoms with Gasteiger partial charge >= 0.3 is 0 Å². The number of carbonyl (C=O) groups is 2. The van der Waals surface area contributed by atoms with Crippen molar-refractivity contribution in [3.8, 4) is 0 Å². The van der Waals surface area contributed by atoms with E-state index in [2.05, 4.69) is 20.5 Å². The highest BCUT2D eigenvalue weighted by molar-refractivity contribution is 5.94. The van der Waals surface area contributed by atoms with E-state index in [4.69, 9.17) is 4.42 Å². The molecule has 0 unspecified atom stereocenters. The summed E-state index contributed by atoms with van der Waals surface area (Å²) in [5.41, 5.74) is 1.62. The molecule has 0 radical (unpaired) electrons. The molecule has 0 atom stereocenters. The first-order chi connectivity index (χ1) is 13.6. The predicted octanol–water partition coefficient (Wildman–Crippen LogP) is 1.17. The average molecular weight is 383 g/mol. The van der Waals surface area contributed by atoms with E-state index in [0.29, 0.717) is 44.0 Å². The molecule has 0 bridgehead atoms. The zero-order valence-corrected chi connectivity index (χ0v) is 16.1. The van der Waals surface area contributed by atoms with E-state index >= 15 is 0 Å². The number of guanidine groups is 1. The van der Waals surface area contributed by atoms with Crippen molar-refractivity contribution < 1.29 is 14.0 Å². The van der Waals surface area contributed by atoms with Crippen LogP contribution in [0.2, 0.25) is 0 Å². The third kappa shape index (κ3) is 4.51. The highest BCUT2D eigenvalue weighted by atomic mass is 16.3. The number of carbonyl (C=O) groups excluding carboxylic acids is 2. The van der Waals surface area contributed by atoms with Gasteiger partial charge in [-0.1, -0.05) is 12.1 Å². The summed E-state index contributed by atoms with van der Waals surface area (Å²) >= 11 is 0. The second-order valence-electron chi connectivity index (χ2n) is 6.44. The van der Waals surface area contributed by atoms with Gasteiger partial charge in [-0.05, 0) is 29.8 Å². The first-order valence-corrected chi connectivity index (χ1v) is 9.21. The second kappa shape index (κ2) is 9.07. The fourth-order valence-corrected chi connectivity index (χ4v) is 3.16. The first kappa shape index (κ1) is 19.5. The van der Waals surface area contributed by atoms with Crippen molar-refractivity contribution in [2.75, 3.05) is 40.3 Å². The third-order valence-electron chi connectivity index (χ3n) is 4.68. The minimum absolute atomic E-state index is 0.0846. The van der Waals surface area contributed by atoms with Crippen molar-refractivity contribution in [2.24, 2.45) is 4.99 Å². The number of benzene rings is 1. The normalized spacial score (nSPS) is 14.7. The van der Waals surface area contributed by atoms with Crippen LogP contribution in [0.3, 0.4) is 0 Å². The third-order valence-corrected chi connectivity index (χ3v) is 4.68. The number of nitrogens with one attached hydrogen (secondary N) is 2. The molecule has 0 saturated carbocycles. The summed E-state index contributed by atoms with van der Waals surface area (Å²) in [4.78, 5) is 32.4. The Morgan fingerprint density at radius 3 is 2.50 bits per heavy atom. The molecule has 2 aromatic rings. The summed E-state index contributed by atoms with van der Waals surface area (Å²) in [6.07, 6.45) is 1.51. The molecule has 3 rings (SSSR count). The zero-order chi connectivity index (χ0) is 19.9. The van der Waals surface area contributed by atoms with Gasteiger partial charge in [-0.25, -0.2) is 0 Å². The molecule has 2 heterocycles. The van der Waals surface area contributed by atoms with Crippen LogP contribution in [0.25, 0.3) is 0 Å². The van der Waals surface area contributed by atoms with Gasteiger partial charge in [-0.3, -0.25) is 14.6 Å². The molecule has 2 N–H and O–H groups in total. The Morgan fingerprint density at radius 1 is 1.11 bits per heavy atom. The van der Waals surface area contributed by atoms with Crippen LogP contribution in [-0.2, 0) is 6.54 Å². The first-order valence-electron chi connectivity index (χ1n) is 9.21. The maximum absolute atomic E-state index is 12.4. The van der Waals surface area contributed by atoms with Gasteiger partial charge < -0.3 is 24.9 Å². The lowest BCUT2D eigenvalue weighted by atomic mass is 10.1. The monoisotopic (exact) mass is 383 g/mol. The van der Waals surface area contributed by atoms with Gasteiger partial charge in [0, 0.05) is 52.4 Å². The molecule has 8 nitrogen and oxygen atoms in total. The molecule has 2 amide bonds. The van der Waals surface area contributed by atoms with Crippen molar-refractivity contribution in [1.82, 2.24) is 20.4 Å². The van der Waals surface area contributed by atoms with Gasteiger partial charge in [0.2, 0.25) is 0 Å². The van der Waals surface area contributed by atoms with Crippen molar-refractivity contribution in [1.29, 1.82) is 0 Å². The van der Waals surface area contributed by atoms with Crippen LogP contribution in [0.1, 0.15) is 26.5 Å². The topological polar surface area (TPSA) is 90.2 Å². The van der Waals surface area contributed by atoms with E-state index in [1.807, 2.05) is 18.2 Å². The number of nitrogens with zero attached hydrogens (tertiary/aromatic N) is 3. The van der Waals surface area contributed by atoms with Crippen molar-refractivity contribution in [2.45, 2.75) is 6.54 Å². The van der Waals surface area contributed by atoms with Gasteiger partial charge in [-0.2, -0.15) is 0 Å². The summed E-state index contributed by atoms with van der Waals surface area (Å²) < 4.78 is 5.20. The standard InChI is InChI=1S/C20H25N5O3/c1-21-18(26)16-6-3-5-15(13-16)14-23-20(22-2)25-10-8-24(9-11-25)19(27)17-7-4-12-28-17/h3-7,12-13H,8-11,14H2,1-2H3,(H,21,26)(H,22,23). The Kier molecular flexibility index (Phi) is 6.31. The van der Waals surface area contributed by atoms with Gasteiger partial charge in [-0.15, -0.1) is 0 Å². The molecule has 148 valence electrons. The predicted molar refractivity (Wildman–Crippen MR) is 106 cm³/mol. The van der Waals surface area contributed by atoms with Crippen LogP contribution in [0.15, 0.2) is 52.1 Å². The number of amides is 2. The summed E-state index contributed by atoms with van der Waals surface area (Å²) in [7, 11) is 3.36. The number of hydrogen-bond acceptors (Lipinski definition) is 4. The number of aliphatic imine (C=N–C) groups is 1. The number of furan rings is 1. The van der Waals surface area contributed by atoms with E-state index in [0.717, 1.165) is 11.5 Å². The van der Waals surface area contributed by atoms with Crippen LogP contribution in [0.4, 0.5) is 0 Å². The van der Waals surface area contributed by atoms with Crippen molar-refractivity contribution in [3.05, 3.63) is 59.5 Å². The maximum atomic E-state index is 12.4. The molecular weight excluding hydrogens is 358 g/mol. The molecule has 0 aliphatic carbocycles. The lowest BCUT2D eigenvalue weighted by Gasteiger charge is -2.36. The van der Waals surface area contributed by atoms with E-state index in [1.54, 1.807) is 37.2 Å². The Balaban J connectivity index is 1.54. The summed E-state index contributed by atoms with van der Waals surface area (Å²) in [5.74, 6) is 0.949. The SMILES string of the molecule is CN=C(NCc1cccc(C(=O)NC)c1)N1CCN(C(=O)c2ccco2)CC1. The minimum atomic E-state index is -0.108. The number of rotatable bonds is 4. The molecule has 1 aromatic carbocycles. The average Bonchev–Trinajstić information content (AvgIpc) is 3.28. The van der Waals surface area contributed by atoms with E-state index in [1.165, 1.54) is 6.26 Å². The Bertz CT molecular complexity index is 839. The fourth-order valence-electron chi connectivity index (χ4n) is 3.16. The Labute approximate surface area is 164 Å². The van der Waals surface area contributed by atoms with Gasteiger partial charge in [0.25, 0.3) is 11.8 Å². The molecule has 1 aliphatic heterocycles. The molecule has 28 heavy (non-hydrogen) atoms. The molecule has 8 heteroatoms. The zero-order valence-electron chi connectivity index (χ0n) is 16.1. The molecule has 1 saturated heterocycles. The molecule has 1 fully saturated rings. The Hall–Kier alpha value is -3.29. The molecule has 1 aliphatic rings. The quantitative estimate of drug-likeness (QED) is 0.611. The van der Waals surface area contributed by atoms with Gasteiger partial charge in [0.05, 0.1) is 6.26 Å². The summed E-state index contributed by atoms with van der Waals surface area (Å²) in [6.45, 7) is 3.14. The summed E-state index contributed by atoms with van der Waals surface area (Å²) in [6, 6.07) is 10.9. The van der Waals surface area contributed by atoms with Gasteiger partial charge in [0.15, 0.2) is 11.7 Å². The maximum Gasteiger partial charge on any atom is 0.289 e. The van der Waals surface area contributed by atoms with Crippen LogP contribution in [0, 0.1) is 0 Å². The number of piperazine rings is 1. The Morgan fingerprint density at radius 2 is 1.86 bits per heavy atom. The van der Waals surface area contributed by atoms with Crippen LogP contribution in [-0.4, -0.2) is 67.8 Å². The largest absolute Gasteiger partial charge is 0.459 e. The number of hydrogen-bond donors (Lipinski definition) is 2. The van der Waals surface area contributed by atoms with E-state index < -0.39 is 0 Å². The molecular formula is C20H25N5O3. The van der Waals surface area contributed by atoms with Crippen LogP contribution < -0.4 is 10.6 Å². The van der Waals surface area contributed by atoms with Crippen molar-refractivity contribution >= 4 is 17.8 Å². The lowest BCUT2D eigenvalue weighted by molar-refractivity contribution is 0.0657. The van der Waals surface area contributed by atoms with Crippen molar-refractivity contribution in [3.63, 3.8) is 0 Å². The lowest BCUT2D eigenvalue weighted by Crippen LogP contribution is -2.53. The molecule has 0 spiro atoms. The highest BCUT2D eigenvalue weighted by Gasteiger charge is 2.25. The van der Waals surface area contributed by atoms with E-state index in [-0.39, 0.29) is 11.8 Å². The smallest absolute Gasteiger partial charge is 0.289 e. The van der Waals surface area contributed by atoms with Crippen LogP contribution >= 0.6 is 0 Å². The van der Waals surface area contributed by atoms with E-state index in [9.17, 15) is 9.59 Å². The van der Waals surface area contributed by atoms with Crippen LogP contribution in [0.5, 0.6) is 0 Å². The minimum Gasteiger partial charge on any atom is -0.459 e. The summed E-state index contributed by atoms with van der Waals surface area (Å²) in [5, 5.41) is 5.96. The molecule has 1 aromatic heterocycles. The fraction of sp³-hybridized carbons (Fsp3) is 0.350. The highest BCUT2D eigenvalue weighted by Crippen LogP contribution is 2.10. The second-order valence-corrected chi connectivity index (χ2v) is 6.44.